The molecule has 0 atom stereocenters. The molecule has 0 N–H and O–H groups in total. The molecular formula is C17H28F2O3Si. The fraction of sp³-hybridized carbons (Fsp3) is 0.647. The first-order valence-electron chi connectivity index (χ1n) is 8.46. The summed E-state index contributed by atoms with van der Waals surface area (Å²) in [5, 5.41) is 0. The number of ether oxygens (including phenoxy) is 2. The van der Waals surface area contributed by atoms with Crippen LogP contribution in [0.15, 0.2) is 18.2 Å². The second-order valence-electron chi connectivity index (χ2n) is 5.32. The van der Waals surface area contributed by atoms with E-state index in [0.717, 1.165) is 37.8 Å². The first kappa shape index (κ1) is 20.2. The van der Waals surface area contributed by atoms with Gasteiger partial charge in [-0.2, -0.15) is 0 Å². The van der Waals surface area contributed by atoms with Crippen LogP contribution in [-0.4, -0.2) is 29.5 Å². The van der Waals surface area contributed by atoms with Crippen molar-refractivity contribution in [1.29, 1.82) is 0 Å². The van der Waals surface area contributed by atoms with E-state index in [0.29, 0.717) is 25.2 Å². The van der Waals surface area contributed by atoms with Crippen molar-refractivity contribution in [2.45, 2.75) is 58.5 Å². The van der Waals surface area contributed by atoms with Gasteiger partial charge in [-0.15, -0.1) is 0 Å². The molecule has 23 heavy (non-hydrogen) atoms. The van der Waals surface area contributed by atoms with Gasteiger partial charge in [0.05, 0.1) is 0 Å². The Labute approximate surface area is 140 Å². The Bertz CT molecular complexity index is 426. The average molecular weight is 346 g/mol. The van der Waals surface area contributed by atoms with E-state index in [-0.39, 0.29) is 0 Å². The highest BCUT2D eigenvalue weighted by molar-refractivity contribution is 6.27. The molecule has 0 aliphatic heterocycles. The molecule has 6 heteroatoms. The molecule has 0 aromatic heterocycles. The summed E-state index contributed by atoms with van der Waals surface area (Å²) in [5.41, 5.74) is 0.598. The molecule has 1 aromatic carbocycles. The van der Waals surface area contributed by atoms with E-state index in [4.69, 9.17) is 13.9 Å². The summed E-state index contributed by atoms with van der Waals surface area (Å²) in [5.74, 6) is -0.961. The van der Waals surface area contributed by atoms with Crippen LogP contribution in [0.1, 0.15) is 45.1 Å². The lowest BCUT2D eigenvalue weighted by Crippen LogP contribution is -2.22. The summed E-state index contributed by atoms with van der Waals surface area (Å²) in [7, 11) is -0.624. The van der Waals surface area contributed by atoms with Crippen molar-refractivity contribution in [3.8, 4) is 0 Å². The van der Waals surface area contributed by atoms with Crippen molar-refractivity contribution in [2.75, 3.05) is 13.2 Å². The first-order chi connectivity index (χ1) is 11.2. The zero-order chi connectivity index (χ0) is 16.9. The molecule has 0 aliphatic rings. The molecule has 0 heterocycles. The third kappa shape index (κ3) is 9.15. The summed E-state index contributed by atoms with van der Waals surface area (Å²) < 4.78 is 42.5. The summed E-state index contributed by atoms with van der Waals surface area (Å²) in [4.78, 5) is 0. The lowest BCUT2D eigenvalue weighted by molar-refractivity contribution is -0.243. The van der Waals surface area contributed by atoms with Gasteiger partial charge in [-0.3, -0.25) is 0 Å². The molecule has 0 amide bonds. The van der Waals surface area contributed by atoms with Gasteiger partial charge in [0.15, 0.2) is 9.76 Å². The standard InChI is InChI=1S/C17H28F2O3Si/c1-3-20-17(21-4-2)22-23-12-8-6-5-7-9-14-10-11-15(18)13-16(14)19/h10-11,13,17H,3-9,12,23H2,1-2H3. The van der Waals surface area contributed by atoms with Gasteiger partial charge in [0.2, 0.25) is 0 Å². The van der Waals surface area contributed by atoms with Gasteiger partial charge in [-0.25, -0.2) is 8.78 Å². The lowest BCUT2D eigenvalue weighted by atomic mass is 10.1. The molecule has 0 spiro atoms. The van der Waals surface area contributed by atoms with Crippen LogP contribution in [0.3, 0.4) is 0 Å². The molecule has 1 aromatic rings. The zero-order valence-corrected chi connectivity index (χ0v) is 15.6. The Kier molecular flexibility index (Phi) is 11.1. The monoisotopic (exact) mass is 346 g/mol. The van der Waals surface area contributed by atoms with Crippen LogP contribution < -0.4 is 0 Å². The normalized spacial score (nSPS) is 11.9. The van der Waals surface area contributed by atoms with Crippen molar-refractivity contribution < 1.29 is 22.7 Å². The Hall–Kier alpha value is -0.823. The summed E-state index contributed by atoms with van der Waals surface area (Å²) in [6.07, 6.45) is 4.85. The van der Waals surface area contributed by atoms with Crippen LogP contribution in [0, 0.1) is 11.6 Å². The van der Waals surface area contributed by atoms with E-state index in [1.807, 2.05) is 13.8 Å². The predicted molar refractivity (Wildman–Crippen MR) is 90.0 cm³/mol. The van der Waals surface area contributed by atoms with Crippen molar-refractivity contribution in [1.82, 2.24) is 0 Å². The molecule has 0 saturated heterocycles. The number of aryl methyl sites for hydroxylation is 1. The maximum Gasteiger partial charge on any atom is 0.261 e. The maximum atomic E-state index is 13.5. The lowest BCUT2D eigenvalue weighted by Gasteiger charge is -2.17. The van der Waals surface area contributed by atoms with E-state index in [9.17, 15) is 8.78 Å². The minimum Gasteiger partial charge on any atom is -0.379 e. The van der Waals surface area contributed by atoms with Crippen molar-refractivity contribution >= 4 is 9.76 Å². The minimum absolute atomic E-state index is 0.441. The van der Waals surface area contributed by atoms with E-state index >= 15 is 0 Å². The smallest absolute Gasteiger partial charge is 0.261 e. The van der Waals surface area contributed by atoms with Crippen LogP contribution in [0.25, 0.3) is 0 Å². The number of unbranched alkanes of at least 4 members (excludes halogenated alkanes) is 3. The zero-order valence-electron chi connectivity index (χ0n) is 14.2. The fourth-order valence-corrected chi connectivity index (χ4v) is 3.38. The van der Waals surface area contributed by atoms with Gasteiger partial charge in [0.25, 0.3) is 6.48 Å². The highest BCUT2D eigenvalue weighted by atomic mass is 28.2. The van der Waals surface area contributed by atoms with Crippen molar-refractivity contribution in [3.63, 3.8) is 0 Å². The molecule has 0 fully saturated rings. The molecule has 3 nitrogen and oxygen atoms in total. The van der Waals surface area contributed by atoms with Gasteiger partial charge < -0.3 is 13.9 Å². The molecule has 0 unspecified atom stereocenters. The highest BCUT2D eigenvalue weighted by Gasteiger charge is 2.07. The van der Waals surface area contributed by atoms with Gasteiger partial charge in [-0.1, -0.05) is 25.3 Å². The second-order valence-corrected chi connectivity index (χ2v) is 6.77. The van der Waals surface area contributed by atoms with Crippen LogP contribution >= 0.6 is 0 Å². The number of halogens is 2. The number of rotatable bonds is 13. The molecule has 132 valence electrons. The molecule has 1 rings (SSSR count). The van der Waals surface area contributed by atoms with Gasteiger partial charge in [0.1, 0.15) is 11.6 Å². The van der Waals surface area contributed by atoms with E-state index < -0.39 is 27.9 Å². The SMILES string of the molecule is CCOC(OCC)O[SiH2]CCCCCCc1ccc(F)cc1F. The van der Waals surface area contributed by atoms with Crippen molar-refractivity contribution in [2.24, 2.45) is 0 Å². The van der Waals surface area contributed by atoms with Crippen LogP contribution in [-0.2, 0) is 20.3 Å². The first-order valence-corrected chi connectivity index (χ1v) is 10.0. The fourth-order valence-electron chi connectivity index (χ4n) is 2.27. The van der Waals surface area contributed by atoms with Crippen LogP contribution in [0.5, 0.6) is 0 Å². The molecule has 0 saturated carbocycles. The Morgan fingerprint density at radius 3 is 2.35 bits per heavy atom. The third-order valence-corrected chi connectivity index (χ3v) is 4.76. The number of hydrogen-bond acceptors (Lipinski definition) is 3. The Balaban J connectivity index is 2.03. The third-order valence-electron chi connectivity index (χ3n) is 3.46. The van der Waals surface area contributed by atoms with Gasteiger partial charge in [-0.05, 0) is 44.4 Å². The summed E-state index contributed by atoms with van der Waals surface area (Å²) in [6, 6.07) is 4.88. The predicted octanol–water partition coefficient (Wildman–Crippen LogP) is 3.94. The van der Waals surface area contributed by atoms with Crippen LogP contribution in [0.4, 0.5) is 8.78 Å². The Morgan fingerprint density at radius 1 is 1.00 bits per heavy atom. The maximum absolute atomic E-state index is 13.5. The molecule has 0 radical (unpaired) electrons. The quantitative estimate of drug-likeness (QED) is 0.308. The highest BCUT2D eigenvalue weighted by Crippen LogP contribution is 2.14. The molecule has 0 bridgehead atoms. The van der Waals surface area contributed by atoms with E-state index in [1.54, 1.807) is 0 Å². The largest absolute Gasteiger partial charge is 0.379 e. The van der Waals surface area contributed by atoms with Gasteiger partial charge >= 0.3 is 0 Å². The summed E-state index contributed by atoms with van der Waals surface area (Å²) >= 11 is 0. The van der Waals surface area contributed by atoms with Crippen LogP contribution in [0.2, 0.25) is 6.04 Å². The topological polar surface area (TPSA) is 27.7 Å². The van der Waals surface area contributed by atoms with E-state index in [2.05, 4.69) is 0 Å². The minimum atomic E-state index is -0.624. The van der Waals surface area contributed by atoms with Crippen molar-refractivity contribution in [3.05, 3.63) is 35.4 Å². The average Bonchev–Trinajstić information content (AvgIpc) is 2.52. The molecular weight excluding hydrogens is 318 g/mol. The number of benzene rings is 1. The number of hydrogen-bond donors (Lipinski definition) is 0. The molecule has 0 aliphatic carbocycles. The summed E-state index contributed by atoms with van der Waals surface area (Å²) in [6.45, 7) is 4.50. The van der Waals surface area contributed by atoms with Gasteiger partial charge in [0, 0.05) is 19.3 Å². The van der Waals surface area contributed by atoms with E-state index in [1.165, 1.54) is 12.1 Å². The Morgan fingerprint density at radius 2 is 1.70 bits per heavy atom. The second kappa shape index (κ2) is 12.6.